The summed E-state index contributed by atoms with van der Waals surface area (Å²) in [5, 5.41) is 9.84. The number of hydrogen-bond donors (Lipinski definition) is 1. The van der Waals surface area contributed by atoms with Gasteiger partial charge in [0, 0.05) is 5.92 Å². The van der Waals surface area contributed by atoms with E-state index in [2.05, 4.69) is 9.72 Å². The van der Waals surface area contributed by atoms with E-state index in [9.17, 15) is 9.90 Å². The average Bonchev–Trinajstić information content (AvgIpc) is 2.95. The maximum Gasteiger partial charge on any atom is 0.308 e. The van der Waals surface area contributed by atoms with Crippen LogP contribution in [0, 0.1) is 0 Å². The van der Waals surface area contributed by atoms with Gasteiger partial charge in [-0.3, -0.25) is 4.79 Å². The van der Waals surface area contributed by atoms with Crippen LogP contribution < -0.4 is 0 Å². The Labute approximate surface area is 91.9 Å². The van der Waals surface area contributed by atoms with Crippen molar-refractivity contribution in [1.82, 2.24) is 4.98 Å². The van der Waals surface area contributed by atoms with E-state index >= 15 is 0 Å². The standard InChI is InChI=1S/C10H13NO3S/c1-14-8(13)4-7(12)10-9(6-2-3-6)11-5-15-10/h5-7,12H,2-4H2,1H3. The van der Waals surface area contributed by atoms with Gasteiger partial charge in [0.2, 0.25) is 0 Å². The molecule has 1 fully saturated rings. The number of ether oxygens (including phenoxy) is 1. The lowest BCUT2D eigenvalue weighted by atomic mass is 10.1. The van der Waals surface area contributed by atoms with Gasteiger partial charge in [-0.05, 0) is 12.8 Å². The number of carbonyl (C=O) groups excluding carboxylic acids is 1. The van der Waals surface area contributed by atoms with Crippen LogP contribution >= 0.6 is 11.3 Å². The summed E-state index contributed by atoms with van der Waals surface area (Å²) in [5.74, 6) is 0.108. The normalized spacial score (nSPS) is 17.5. The summed E-state index contributed by atoms with van der Waals surface area (Å²) in [4.78, 5) is 16.1. The summed E-state index contributed by atoms with van der Waals surface area (Å²) < 4.78 is 4.52. The van der Waals surface area contributed by atoms with Crippen LogP contribution in [0.1, 0.15) is 41.9 Å². The van der Waals surface area contributed by atoms with Crippen molar-refractivity contribution >= 4 is 17.3 Å². The van der Waals surface area contributed by atoms with Crippen molar-refractivity contribution < 1.29 is 14.6 Å². The Hall–Kier alpha value is -0.940. The zero-order valence-electron chi connectivity index (χ0n) is 8.47. The summed E-state index contributed by atoms with van der Waals surface area (Å²) in [7, 11) is 1.32. The van der Waals surface area contributed by atoms with Crippen LogP contribution in [0.3, 0.4) is 0 Å². The van der Waals surface area contributed by atoms with E-state index in [-0.39, 0.29) is 6.42 Å². The van der Waals surface area contributed by atoms with Crippen molar-refractivity contribution in [2.45, 2.75) is 31.3 Å². The van der Waals surface area contributed by atoms with Crippen molar-refractivity contribution in [2.24, 2.45) is 0 Å². The molecule has 1 aromatic heterocycles. The predicted octanol–water partition coefficient (Wildman–Crippen LogP) is 1.62. The number of carbonyl (C=O) groups is 1. The monoisotopic (exact) mass is 227 g/mol. The summed E-state index contributed by atoms with van der Waals surface area (Å²) in [6.07, 6.45) is 1.53. The summed E-state index contributed by atoms with van der Waals surface area (Å²) >= 11 is 1.41. The van der Waals surface area contributed by atoms with Crippen LogP contribution in [0.15, 0.2) is 5.51 Å². The Bertz CT molecular complexity index is 359. The fraction of sp³-hybridized carbons (Fsp3) is 0.600. The van der Waals surface area contributed by atoms with E-state index < -0.39 is 12.1 Å². The molecule has 0 aromatic carbocycles. The second-order valence-electron chi connectivity index (χ2n) is 3.67. The van der Waals surface area contributed by atoms with E-state index in [1.54, 1.807) is 5.51 Å². The largest absolute Gasteiger partial charge is 0.469 e. The van der Waals surface area contributed by atoms with Crippen molar-refractivity contribution in [3.63, 3.8) is 0 Å². The fourth-order valence-corrected chi connectivity index (χ4v) is 2.37. The molecule has 1 aliphatic rings. The molecule has 1 heterocycles. The molecule has 0 amide bonds. The van der Waals surface area contributed by atoms with Gasteiger partial charge in [0.05, 0.1) is 29.6 Å². The predicted molar refractivity (Wildman–Crippen MR) is 55.7 cm³/mol. The molecule has 4 nitrogen and oxygen atoms in total. The minimum atomic E-state index is -0.763. The SMILES string of the molecule is COC(=O)CC(O)c1scnc1C1CC1. The molecule has 0 aliphatic heterocycles. The van der Waals surface area contributed by atoms with Gasteiger partial charge in [-0.25, -0.2) is 4.98 Å². The number of rotatable bonds is 4. The molecular weight excluding hydrogens is 214 g/mol. The molecule has 1 aromatic rings. The number of aliphatic hydroxyl groups is 1. The van der Waals surface area contributed by atoms with Gasteiger partial charge in [0.25, 0.3) is 0 Å². The third-order valence-electron chi connectivity index (χ3n) is 2.48. The zero-order valence-corrected chi connectivity index (χ0v) is 9.29. The highest BCUT2D eigenvalue weighted by molar-refractivity contribution is 7.09. The van der Waals surface area contributed by atoms with Gasteiger partial charge in [-0.1, -0.05) is 0 Å². The lowest BCUT2D eigenvalue weighted by Gasteiger charge is -2.08. The van der Waals surface area contributed by atoms with E-state index in [0.29, 0.717) is 5.92 Å². The molecule has 2 rings (SSSR count). The molecule has 1 saturated carbocycles. The maximum atomic E-state index is 11.0. The highest BCUT2D eigenvalue weighted by Gasteiger charge is 2.31. The number of hydrogen-bond acceptors (Lipinski definition) is 5. The molecule has 1 atom stereocenters. The smallest absolute Gasteiger partial charge is 0.308 e. The Balaban J connectivity index is 2.07. The lowest BCUT2D eigenvalue weighted by molar-refractivity contribution is -0.142. The highest BCUT2D eigenvalue weighted by atomic mass is 32.1. The highest BCUT2D eigenvalue weighted by Crippen LogP contribution is 2.43. The zero-order chi connectivity index (χ0) is 10.8. The molecule has 0 saturated heterocycles. The van der Waals surface area contributed by atoms with Gasteiger partial charge in [-0.15, -0.1) is 11.3 Å². The Kier molecular flexibility index (Phi) is 3.02. The van der Waals surface area contributed by atoms with Crippen LogP contribution in [0.4, 0.5) is 0 Å². The molecule has 0 radical (unpaired) electrons. The second kappa shape index (κ2) is 4.28. The quantitative estimate of drug-likeness (QED) is 0.794. The first-order chi connectivity index (χ1) is 7.22. The summed E-state index contributed by atoms with van der Waals surface area (Å²) in [6, 6.07) is 0. The third-order valence-corrected chi connectivity index (χ3v) is 3.42. The number of aliphatic hydroxyl groups excluding tert-OH is 1. The van der Waals surface area contributed by atoms with Crippen molar-refractivity contribution in [1.29, 1.82) is 0 Å². The van der Waals surface area contributed by atoms with Gasteiger partial charge in [0.1, 0.15) is 6.10 Å². The van der Waals surface area contributed by atoms with Crippen LogP contribution in [0.25, 0.3) is 0 Å². The Morgan fingerprint density at radius 1 is 1.80 bits per heavy atom. The molecule has 5 heteroatoms. The average molecular weight is 227 g/mol. The third kappa shape index (κ3) is 2.35. The van der Waals surface area contributed by atoms with Crippen molar-refractivity contribution in [3.05, 3.63) is 16.1 Å². The summed E-state index contributed by atoms with van der Waals surface area (Å²) in [6.45, 7) is 0. The molecule has 0 bridgehead atoms. The first kappa shape index (κ1) is 10.6. The molecule has 1 unspecified atom stereocenters. The molecule has 1 aliphatic carbocycles. The van der Waals surface area contributed by atoms with Gasteiger partial charge in [0.15, 0.2) is 0 Å². The minimum absolute atomic E-state index is 0.0123. The minimum Gasteiger partial charge on any atom is -0.469 e. The van der Waals surface area contributed by atoms with E-state index in [1.807, 2.05) is 0 Å². The van der Waals surface area contributed by atoms with Crippen LogP contribution in [-0.4, -0.2) is 23.2 Å². The topological polar surface area (TPSA) is 59.4 Å². The van der Waals surface area contributed by atoms with Crippen LogP contribution in [-0.2, 0) is 9.53 Å². The molecule has 15 heavy (non-hydrogen) atoms. The first-order valence-electron chi connectivity index (χ1n) is 4.90. The molecule has 1 N–H and O–H groups in total. The van der Waals surface area contributed by atoms with Gasteiger partial charge >= 0.3 is 5.97 Å². The van der Waals surface area contributed by atoms with E-state index in [0.717, 1.165) is 23.4 Å². The summed E-state index contributed by atoms with van der Waals surface area (Å²) in [5.41, 5.74) is 2.69. The number of methoxy groups -OCH3 is 1. The van der Waals surface area contributed by atoms with Crippen LogP contribution in [0.5, 0.6) is 0 Å². The van der Waals surface area contributed by atoms with Crippen molar-refractivity contribution in [3.8, 4) is 0 Å². The fourth-order valence-electron chi connectivity index (χ4n) is 1.51. The Morgan fingerprint density at radius 3 is 3.13 bits per heavy atom. The number of esters is 1. The van der Waals surface area contributed by atoms with Gasteiger partial charge in [-0.2, -0.15) is 0 Å². The van der Waals surface area contributed by atoms with Crippen LogP contribution in [0.2, 0.25) is 0 Å². The lowest BCUT2D eigenvalue weighted by Crippen LogP contribution is -2.08. The first-order valence-corrected chi connectivity index (χ1v) is 5.78. The number of aromatic nitrogens is 1. The maximum absolute atomic E-state index is 11.0. The number of thiazole rings is 1. The molecule has 0 spiro atoms. The molecular formula is C10H13NO3S. The van der Waals surface area contributed by atoms with E-state index in [1.165, 1.54) is 18.4 Å². The van der Waals surface area contributed by atoms with E-state index in [4.69, 9.17) is 0 Å². The van der Waals surface area contributed by atoms with Crippen molar-refractivity contribution in [2.75, 3.05) is 7.11 Å². The molecule has 82 valence electrons. The number of nitrogens with zero attached hydrogens (tertiary/aromatic N) is 1. The Morgan fingerprint density at radius 2 is 2.53 bits per heavy atom. The van der Waals surface area contributed by atoms with Gasteiger partial charge < -0.3 is 9.84 Å². The second-order valence-corrected chi connectivity index (χ2v) is 4.56.